The normalized spacial score (nSPS) is 12.3. The van der Waals surface area contributed by atoms with Gasteiger partial charge in [0.1, 0.15) is 17.7 Å². The number of nitrogens with zero attached hydrogens (tertiary/aromatic N) is 1. The molecule has 1 amide bonds. The Kier molecular flexibility index (Phi) is 4.88. The fraction of sp³-hybridized carbons (Fsp3) is 0.583. The minimum absolute atomic E-state index is 0.120. The highest BCUT2D eigenvalue weighted by Gasteiger charge is 2.13. The Labute approximate surface area is 106 Å². The van der Waals surface area contributed by atoms with E-state index in [9.17, 15) is 9.59 Å². The lowest BCUT2D eigenvalue weighted by Gasteiger charge is -2.14. The largest absolute Gasteiger partial charge is 0.358 e. The van der Waals surface area contributed by atoms with Crippen LogP contribution in [0.25, 0.3) is 0 Å². The van der Waals surface area contributed by atoms with Crippen LogP contribution in [-0.2, 0) is 4.79 Å². The molecular formula is C12H20N4O2. The number of carbonyl (C=O) groups excluding carboxylic acids is 1. The molecule has 0 aliphatic rings. The molecule has 1 atom stereocenters. The van der Waals surface area contributed by atoms with Gasteiger partial charge in [-0.25, -0.2) is 4.98 Å². The van der Waals surface area contributed by atoms with Gasteiger partial charge in [0.15, 0.2) is 0 Å². The molecule has 100 valence electrons. The minimum atomic E-state index is -0.431. The predicted molar refractivity (Wildman–Crippen MR) is 70.7 cm³/mol. The Morgan fingerprint density at radius 2 is 2.11 bits per heavy atom. The van der Waals surface area contributed by atoms with Gasteiger partial charge >= 0.3 is 0 Å². The second-order valence-electron chi connectivity index (χ2n) is 4.43. The summed E-state index contributed by atoms with van der Waals surface area (Å²) < 4.78 is 0. The predicted octanol–water partition coefficient (Wildman–Crippen LogP) is 0.830. The van der Waals surface area contributed by atoms with Crippen LogP contribution in [0.3, 0.4) is 0 Å². The van der Waals surface area contributed by atoms with Crippen LogP contribution in [-0.4, -0.2) is 28.5 Å². The van der Waals surface area contributed by atoms with Crippen LogP contribution in [0.1, 0.15) is 39.4 Å². The number of likely N-dealkylation sites (N-methyl/N-ethyl adjacent to an activating group) is 1. The molecule has 1 unspecified atom stereocenters. The molecule has 1 heterocycles. The molecule has 0 aromatic carbocycles. The number of rotatable bonds is 5. The summed E-state index contributed by atoms with van der Waals surface area (Å²) in [5, 5.41) is 5.62. The Hall–Kier alpha value is -1.85. The van der Waals surface area contributed by atoms with Gasteiger partial charge in [-0.3, -0.25) is 9.59 Å². The average Bonchev–Trinajstić information content (AvgIpc) is 2.28. The third-order valence-corrected chi connectivity index (χ3v) is 2.42. The summed E-state index contributed by atoms with van der Waals surface area (Å²) in [7, 11) is 0. The van der Waals surface area contributed by atoms with Gasteiger partial charge in [-0.15, -0.1) is 0 Å². The summed E-state index contributed by atoms with van der Waals surface area (Å²) in [5.41, 5.74) is -0.223. The number of hydrogen-bond acceptors (Lipinski definition) is 4. The van der Waals surface area contributed by atoms with Crippen molar-refractivity contribution in [2.24, 2.45) is 0 Å². The summed E-state index contributed by atoms with van der Waals surface area (Å²) in [6.07, 6.45) is 0. The molecule has 0 fully saturated rings. The van der Waals surface area contributed by atoms with E-state index in [1.165, 1.54) is 6.07 Å². The molecule has 6 nitrogen and oxygen atoms in total. The lowest BCUT2D eigenvalue weighted by molar-refractivity contribution is -0.121. The number of aromatic amines is 1. The van der Waals surface area contributed by atoms with Crippen molar-refractivity contribution in [3.63, 3.8) is 0 Å². The third kappa shape index (κ3) is 3.87. The average molecular weight is 252 g/mol. The summed E-state index contributed by atoms with van der Waals surface area (Å²) in [4.78, 5) is 30.0. The number of aromatic nitrogens is 2. The Morgan fingerprint density at radius 3 is 2.67 bits per heavy atom. The van der Waals surface area contributed by atoms with Crippen molar-refractivity contribution in [2.45, 2.75) is 39.7 Å². The molecule has 6 heteroatoms. The van der Waals surface area contributed by atoms with E-state index in [0.29, 0.717) is 18.2 Å². The summed E-state index contributed by atoms with van der Waals surface area (Å²) in [6.45, 7) is 8.03. The first-order chi connectivity index (χ1) is 8.43. The number of nitrogens with one attached hydrogen (secondary N) is 3. The molecule has 0 aliphatic heterocycles. The van der Waals surface area contributed by atoms with E-state index >= 15 is 0 Å². The monoisotopic (exact) mass is 252 g/mol. The summed E-state index contributed by atoms with van der Waals surface area (Å²) in [5.74, 6) is 1.03. The van der Waals surface area contributed by atoms with Gasteiger partial charge in [-0.1, -0.05) is 13.8 Å². The number of H-pyrrole nitrogens is 1. The van der Waals surface area contributed by atoms with Gasteiger partial charge in [-0.05, 0) is 13.8 Å². The maximum atomic E-state index is 11.6. The zero-order valence-electron chi connectivity index (χ0n) is 11.2. The fourth-order valence-electron chi connectivity index (χ4n) is 1.44. The standard InChI is InChI=1S/C12H20N4O2/c1-5-13-12(18)8(4)14-9-6-10(17)16-11(15-9)7(2)3/h6-8H,5H2,1-4H3,(H,13,18)(H2,14,15,16,17). The first-order valence-corrected chi connectivity index (χ1v) is 6.09. The summed E-state index contributed by atoms with van der Waals surface area (Å²) in [6, 6.07) is 0.918. The lowest BCUT2D eigenvalue weighted by atomic mass is 10.2. The molecule has 18 heavy (non-hydrogen) atoms. The van der Waals surface area contributed by atoms with E-state index in [1.54, 1.807) is 6.92 Å². The molecule has 0 aliphatic carbocycles. The van der Waals surface area contributed by atoms with Gasteiger partial charge in [0.05, 0.1) is 0 Å². The van der Waals surface area contributed by atoms with Gasteiger partial charge in [0.25, 0.3) is 5.56 Å². The minimum Gasteiger partial charge on any atom is -0.358 e. The van der Waals surface area contributed by atoms with Crippen LogP contribution in [0.4, 0.5) is 5.82 Å². The van der Waals surface area contributed by atoms with Crippen molar-refractivity contribution in [1.82, 2.24) is 15.3 Å². The van der Waals surface area contributed by atoms with E-state index in [4.69, 9.17) is 0 Å². The van der Waals surface area contributed by atoms with Crippen LogP contribution < -0.4 is 16.2 Å². The Morgan fingerprint density at radius 1 is 1.44 bits per heavy atom. The maximum Gasteiger partial charge on any atom is 0.252 e. The van der Waals surface area contributed by atoms with Crippen molar-refractivity contribution in [1.29, 1.82) is 0 Å². The van der Waals surface area contributed by atoms with E-state index in [-0.39, 0.29) is 17.4 Å². The number of amides is 1. The molecule has 0 saturated heterocycles. The van der Waals surface area contributed by atoms with Gasteiger partial charge in [-0.2, -0.15) is 0 Å². The molecule has 1 aromatic rings. The molecule has 1 rings (SSSR count). The van der Waals surface area contributed by atoms with Crippen LogP contribution in [0.2, 0.25) is 0 Å². The molecule has 1 aromatic heterocycles. The number of anilines is 1. The van der Waals surface area contributed by atoms with Gasteiger partial charge in [0.2, 0.25) is 5.91 Å². The molecule has 3 N–H and O–H groups in total. The highest BCUT2D eigenvalue weighted by Crippen LogP contribution is 2.09. The Balaban J connectivity index is 2.84. The second kappa shape index (κ2) is 6.18. The SMILES string of the molecule is CCNC(=O)C(C)Nc1cc(=O)[nH]c(C(C)C)n1. The third-order valence-electron chi connectivity index (χ3n) is 2.42. The van der Waals surface area contributed by atoms with Crippen molar-refractivity contribution < 1.29 is 4.79 Å². The molecule has 0 spiro atoms. The first kappa shape index (κ1) is 14.2. The smallest absolute Gasteiger partial charge is 0.252 e. The zero-order chi connectivity index (χ0) is 13.7. The highest BCUT2D eigenvalue weighted by atomic mass is 16.2. The summed E-state index contributed by atoms with van der Waals surface area (Å²) >= 11 is 0. The van der Waals surface area contributed by atoms with E-state index < -0.39 is 6.04 Å². The van der Waals surface area contributed by atoms with Crippen molar-refractivity contribution in [3.8, 4) is 0 Å². The number of hydrogen-bond donors (Lipinski definition) is 3. The molecule has 0 bridgehead atoms. The second-order valence-corrected chi connectivity index (χ2v) is 4.43. The van der Waals surface area contributed by atoms with Crippen LogP contribution >= 0.6 is 0 Å². The highest BCUT2D eigenvalue weighted by molar-refractivity contribution is 5.83. The van der Waals surface area contributed by atoms with Gasteiger partial charge in [0, 0.05) is 18.5 Å². The van der Waals surface area contributed by atoms with Crippen molar-refractivity contribution in [3.05, 3.63) is 22.2 Å². The van der Waals surface area contributed by atoms with E-state index in [1.807, 2.05) is 20.8 Å². The lowest BCUT2D eigenvalue weighted by Crippen LogP contribution is -2.37. The van der Waals surface area contributed by atoms with Crippen LogP contribution in [0, 0.1) is 0 Å². The van der Waals surface area contributed by atoms with Gasteiger partial charge < -0.3 is 15.6 Å². The topological polar surface area (TPSA) is 86.9 Å². The zero-order valence-corrected chi connectivity index (χ0v) is 11.2. The molecular weight excluding hydrogens is 232 g/mol. The quantitative estimate of drug-likeness (QED) is 0.724. The number of carbonyl (C=O) groups is 1. The Bertz CT molecular complexity index is 467. The molecule has 0 radical (unpaired) electrons. The fourth-order valence-corrected chi connectivity index (χ4v) is 1.44. The van der Waals surface area contributed by atoms with Crippen LogP contribution in [0.5, 0.6) is 0 Å². The van der Waals surface area contributed by atoms with Crippen molar-refractivity contribution >= 4 is 11.7 Å². The van der Waals surface area contributed by atoms with E-state index in [0.717, 1.165) is 0 Å². The van der Waals surface area contributed by atoms with E-state index in [2.05, 4.69) is 20.6 Å². The van der Waals surface area contributed by atoms with Crippen molar-refractivity contribution in [2.75, 3.05) is 11.9 Å². The van der Waals surface area contributed by atoms with Crippen LogP contribution in [0.15, 0.2) is 10.9 Å². The first-order valence-electron chi connectivity index (χ1n) is 6.09. The maximum absolute atomic E-state index is 11.6. The molecule has 0 saturated carbocycles.